The first-order valence-corrected chi connectivity index (χ1v) is 6.89. The number of methoxy groups -OCH3 is 1. The third-order valence-electron chi connectivity index (χ3n) is 3.76. The summed E-state index contributed by atoms with van der Waals surface area (Å²) >= 11 is 0. The summed E-state index contributed by atoms with van der Waals surface area (Å²) < 4.78 is 18.4. The lowest BCUT2D eigenvalue weighted by Gasteiger charge is -2.16. The molecule has 0 radical (unpaired) electrons. The summed E-state index contributed by atoms with van der Waals surface area (Å²) in [4.78, 5) is 0. The molecule has 0 saturated heterocycles. The Labute approximate surface area is 118 Å². The van der Waals surface area contributed by atoms with Gasteiger partial charge in [-0.3, -0.25) is 0 Å². The van der Waals surface area contributed by atoms with Crippen molar-refractivity contribution in [1.29, 1.82) is 0 Å². The number of rotatable bonds is 4. The van der Waals surface area contributed by atoms with Crippen LogP contribution >= 0.6 is 0 Å². The molecule has 1 N–H and O–H groups in total. The first-order valence-electron chi connectivity index (χ1n) is 6.89. The maximum Gasteiger partial charge on any atom is 0.123 e. The molecule has 3 rings (SSSR count). The van der Waals surface area contributed by atoms with Gasteiger partial charge >= 0.3 is 0 Å². The maximum absolute atomic E-state index is 13.2. The molecule has 0 spiro atoms. The molecule has 1 aliphatic rings. The van der Waals surface area contributed by atoms with Gasteiger partial charge in [0.25, 0.3) is 0 Å². The number of aryl methyl sites for hydroxylation is 1. The number of hydrogen-bond donors (Lipinski definition) is 1. The molecule has 0 saturated carbocycles. The van der Waals surface area contributed by atoms with Crippen molar-refractivity contribution in [3.8, 4) is 0 Å². The summed E-state index contributed by atoms with van der Waals surface area (Å²) in [6, 6.07) is 13.6. The van der Waals surface area contributed by atoms with Gasteiger partial charge in [-0.2, -0.15) is 0 Å². The van der Waals surface area contributed by atoms with Gasteiger partial charge in [0.15, 0.2) is 0 Å². The average molecular weight is 271 g/mol. The van der Waals surface area contributed by atoms with Crippen molar-refractivity contribution < 1.29 is 9.13 Å². The Morgan fingerprint density at radius 3 is 3.00 bits per heavy atom. The summed E-state index contributed by atoms with van der Waals surface area (Å²) in [7, 11) is 1.70. The fourth-order valence-corrected chi connectivity index (χ4v) is 2.85. The van der Waals surface area contributed by atoms with E-state index in [-0.39, 0.29) is 11.9 Å². The number of halogens is 1. The van der Waals surface area contributed by atoms with Crippen LogP contribution in [-0.2, 0) is 17.8 Å². The Hall–Kier alpha value is -1.87. The van der Waals surface area contributed by atoms with Gasteiger partial charge in [0, 0.05) is 12.8 Å². The van der Waals surface area contributed by atoms with Crippen LogP contribution in [0.3, 0.4) is 0 Å². The van der Waals surface area contributed by atoms with Gasteiger partial charge in [0.2, 0.25) is 0 Å². The minimum absolute atomic E-state index is 0.147. The van der Waals surface area contributed by atoms with Crippen molar-refractivity contribution in [2.24, 2.45) is 0 Å². The van der Waals surface area contributed by atoms with Crippen LogP contribution in [0.4, 0.5) is 10.1 Å². The number of ether oxygens (including phenoxy) is 1. The van der Waals surface area contributed by atoms with Crippen molar-refractivity contribution in [3.05, 3.63) is 65.0 Å². The largest absolute Gasteiger partial charge is 0.380 e. The SMILES string of the molecule is COCc1cccc(NC2CCc3cc(F)ccc32)c1. The standard InChI is InChI=1S/C17H18FNO/c1-20-11-12-3-2-4-15(9-12)19-17-8-5-13-10-14(18)6-7-16(13)17/h2-4,6-7,9-10,17,19H,5,8,11H2,1H3. The monoisotopic (exact) mass is 271 g/mol. The Balaban J connectivity index is 1.78. The van der Waals surface area contributed by atoms with E-state index in [9.17, 15) is 4.39 Å². The molecule has 20 heavy (non-hydrogen) atoms. The molecule has 1 aliphatic carbocycles. The lowest BCUT2D eigenvalue weighted by molar-refractivity contribution is 0.185. The predicted octanol–water partition coefficient (Wildman–Crippen LogP) is 4.07. The molecule has 1 unspecified atom stereocenters. The van der Waals surface area contributed by atoms with Crippen molar-refractivity contribution in [3.63, 3.8) is 0 Å². The lowest BCUT2D eigenvalue weighted by atomic mass is 10.1. The Morgan fingerprint density at radius 2 is 2.15 bits per heavy atom. The highest BCUT2D eigenvalue weighted by Gasteiger charge is 2.22. The Morgan fingerprint density at radius 1 is 1.25 bits per heavy atom. The normalized spacial score (nSPS) is 17.0. The van der Waals surface area contributed by atoms with Gasteiger partial charge in [0.1, 0.15) is 5.82 Å². The highest BCUT2D eigenvalue weighted by molar-refractivity contribution is 5.50. The number of nitrogens with one attached hydrogen (secondary N) is 1. The van der Waals surface area contributed by atoms with Gasteiger partial charge < -0.3 is 10.1 Å². The van der Waals surface area contributed by atoms with E-state index < -0.39 is 0 Å². The van der Waals surface area contributed by atoms with Crippen LogP contribution in [0.5, 0.6) is 0 Å². The molecule has 2 aromatic carbocycles. The van der Waals surface area contributed by atoms with Crippen LogP contribution in [0.25, 0.3) is 0 Å². The lowest BCUT2D eigenvalue weighted by Crippen LogP contribution is -2.07. The molecular formula is C17H18FNO. The fraction of sp³-hybridized carbons (Fsp3) is 0.294. The second-order valence-corrected chi connectivity index (χ2v) is 5.21. The molecule has 104 valence electrons. The predicted molar refractivity (Wildman–Crippen MR) is 78.2 cm³/mol. The average Bonchev–Trinajstić information content (AvgIpc) is 2.82. The van der Waals surface area contributed by atoms with Crippen molar-refractivity contribution in [2.75, 3.05) is 12.4 Å². The zero-order valence-corrected chi connectivity index (χ0v) is 11.5. The van der Waals surface area contributed by atoms with Crippen molar-refractivity contribution >= 4 is 5.69 Å². The quantitative estimate of drug-likeness (QED) is 0.905. The van der Waals surface area contributed by atoms with Gasteiger partial charge in [-0.1, -0.05) is 18.2 Å². The highest BCUT2D eigenvalue weighted by Crippen LogP contribution is 2.34. The highest BCUT2D eigenvalue weighted by atomic mass is 19.1. The molecule has 2 nitrogen and oxygen atoms in total. The van der Waals surface area contributed by atoms with Crippen LogP contribution in [0.15, 0.2) is 42.5 Å². The zero-order chi connectivity index (χ0) is 13.9. The minimum atomic E-state index is -0.147. The molecule has 3 heteroatoms. The van der Waals surface area contributed by atoms with E-state index in [1.54, 1.807) is 19.2 Å². The topological polar surface area (TPSA) is 21.3 Å². The molecule has 0 bridgehead atoms. The molecular weight excluding hydrogens is 253 g/mol. The van der Waals surface area contributed by atoms with E-state index in [2.05, 4.69) is 17.4 Å². The van der Waals surface area contributed by atoms with Crippen LogP contribution < -0.4 is 5.32 Å². The maximum atomic E-state index is 13.2. The van der Waals surface area contributed by atoms with E-state index in [1.165, 1.54) is 5.56 Å². The molecule has 0 amide bonds. The molecule has 1 atom stereocenters. The molecule has 0 aliphatic heterocycles. The van der Waals surface area contributed by atoms with Gasteiger partial charge in [-0.15, -0.1) is 0 Å². The smallest absolute Gasteiger partial charge is 0.123 e. The first-order chi connectivity index (χ1) is 9.76. The van der Waals surface area contributed by atoms with Crippen molar-refractivity contribution in [2.45, 2.75) is 25.5 Å². The molecule has 0 heterocycles. The van der Waals surface area contributed by atoms with Crippen LogP contribution in [0.1, 0.15) is 29.2 Å². The van der Waals surface area contributed by atoms with Crippen LogP contribution in [0.2, 0.25) is 0 Å². The molecule has 0 fully saturated rings. The van der Waals surface area contributed by atoms with E-state index in [1.807, 2.05) is 18.2 Å². The second kappa shape index (κ2) is 5.63. The third kappa shape index (κ3) is 2.68. The van der Waals surface area contributed by atoms with Crippen molar-refractivity contribution in [1.82, 2.24) is 0 Å². The summed E-state index contributed by atoms with van der Waals surface area (Å²) in [6.45, 7) is 0.613. The van der Waals surface area contributed by atoms with E-state index in [4.69, 9.17) is 4.74 Å². The fourth-order valence-electron chi connectivity index (χ4n) is 2.85. The van der Waals surface area contributed by atoms with E-state index in [0.29, 0.717) is 6.61 Å². The summed E-state index contributed by atoms with van der Waals surface area (Å²) in [5, 5.41) is 3.54. The minimum Gasteiger partial charge on any atom is -0.380 e. The second-order valence-electron chi connectivity index (χ2n) is 5.21. The summed E-state index contributed by atoms with van der Waals surface area (Å²) in [5.74, 6) is -0.147. The Kier molecular flexibility index (Phi) is 3.70. The summed E-state index contributed by atoms with van der Waals surface area (Å²) in [5.41, 5.74) is 4.57. The Bertz CT molecular complexity index is 612. The third-order valence-corrected chi connectivity index (χ3v) is 3.76. The first kappa shape index (κ1) is 13.1. The zero-order valence-electron chi connectivity index (χ0n) is 11.5. The number of benzene rings is 2. The number of hydrogen-bond acceptors (Lipinski definition) is 2. The van der Waals surface area contributed by atoms with Gasteiger partial charge in [-0.25, -0.2) is 4.39 Å². The number of fused-ring (bicyclic) bond motifs is 1. The number of anilines is 1. The van der Waals surface area contributed by atoms with Gasteiger partial charge in [0.05, 0.1) is 12.6 Å². The molecule has 0 aromatic heterocycles. The summed E-state index contributed by atoms with van der Waals surface area (Å²) in [6.07, 6.45) is 1.94. The van der Waals surface area contributed by atoms with Gasteiger partial charge in [-0.05, 0) is 53.8 Å². The van der Waals surface area contributed by atoms with E-state index >= 15 is 0 Å². The van der Waals surface area contributed by atoms with E-state index in [0.717, 1.165) is 29.7 Å². The molecule has 2 aromatic rings. The van der Waals surface area contributed by atoms with Crippen LogP contribution in [0, 0.1) is 5.82 Å². The van der Waals surface area contributed by atoms with Crippen LogP contribution in [-0.4, -0.2) is 7.11 Å².